The fourth-order valence-corrected chi connectivity index (χ4v) is 2.72. The van der Waals surface area contributed by atoms with Crippen molar-refractivity contribution in [2.24, 2.45) is 0 Å². The third-order valence-corrected chi connectivity index (χ3v) is 3.90. The lowest BCUT2D eigenvalue weighted by Gasteiger charge is -2.14. The molecule has 1 aromatic heterocycles. The number of benzene rings is 1. The van der Waals surface area contributed by atoms with Crippen LogP contribution in [0.25, 0.3) is 0 Å². The summed E-state index contributed by atoms with van der Waals surface area (Å²) in [6.07, 6.45) is 3.70. The Morgan fingerprint density at radius 2 is 1.96 bits per heavy atom. The Balaban J connectivity index is 1.53. The van der Waals surface area contributed by atoms with Crippen LogP contribution in [0.1, 0.15) is 23.3 Å². The van der Waals surface area contributed by atoms with Crippen LogP contribution < -0.4 is 14.8 Å². The quantitative estimate of drug-likeness (QED) is 0.936. The molecule has 1 fully saturated rings. The molecule has 23 heavy (non-hydrogen) atoms. The van der Waals surface area contributed by atoms with Crippen LogP contribution in [-0.2, 0) is 0 Å². The van der Waals surface area contributed by atoms with E-state index in [1.807, 2.05) is 23.1 Å². The number of amides is 1. The Morgan fingerprint density at radius 1 is 1.13 bits per heavy atom. The number of ether oxygens (including phenoxy) is 2. The molecule has 2 aromatic rings. The molecule has 7 nitrogen and oxygen atoms in total. The van der Waals surface area contributed by atoms with Crippen molar-refractivity contribution < 1.29 is 14.3 Å². The maximum absolute atomic E-state index is 12.4. The van der Waals surface area contributed by atoms with Gasteiger partial charge in [-0.15, -0.1) is 0 Å². The van der Waals surface area contributed by atoms with E-state index in [0.29, 0.717) is 17.4 Å². The predicted molar refractivity (Wildman–Crippen MR) is 83.0 cm³/mol. The van der Waals surface area contributed by atoms with Gasteiger partial charge in [0.15, 0.2) is 11.5 Å². The summed E-state index contributed by atoms with van der Waals surface area (Å²) in [6, 6.07) is 7.14. The van der Waals surface area contributed by atoms with Crippen LogP contribution in [0.2, 0.25) is 0 Å². The molecule has 1 aromatic carbocycles. The van der Waals surface area contributed by atoms with E-state index in [1.54, 1.807) is 12.3 Å². The van der Waals surface area contributed by atoms with Crippen LogP contribution in [0.5, 0.6) is 11.5 Å². The van der Waals surface area contributed by atoms with Crippen LogP contribution >= 0.6 is 0 Å². The number of hydrogen-bond acceptors (Lipinski definition) is 6. The molecule has 118 valence electrons. The number of anilines is 2. The van der Waals surface area contributed by atoms with Crippen LogP contribution in [0.15, 0.2) is 30.5 Å². The fourth-order valence-electron chi connectivity index (χ4n) is 2.72. The van der Waals surface area contributed by atoms with Crippen LogP contribution in [0.4, 0.5) is 11.6 Å². The van der Waals surface area contributed by atoms with Gasteiger partial charge in [-0.25, -0.2) is 9.97 Å². The Labute approximate surface area is 133 Å². The highest BCUT2D eigenvalue weighted by molar-refractivity contribution is 5.92. The first-order valence-electron chi connectivity index (χ1n) is 7.58. The molecule has 0 saturated carbocycles. The minimum absolute atomic E-state index is 0.0429. The fraction of sp³-hybridized carbons (Fsp3) is 0.312. The SMILES string of the molecule is O=C(c1ccnc(Nc2ccc3c(c2)OCO3)n1)N1CCCC1. The summed E-state index contributed by atoms with van der Waals surface area (Å²) in [5, 5.41) is 3.09. The first-order chi connectivity index (χ1) is 11.3. The number of fused-ring (bicyclic) bond motifs is 1. The van der Waals surface area contributed by atoms with Crippen molar-refractivity contribution >= 4 is 17.5 Å². The zero-order valence-corrected chi connectivity index (χ0v) is 12.5. The van der Waals surface area contributed by atoms with Crippen molar-refractivity contribution in [2.45, 2.75) is 12.8 Å². The lowest BCUT2D eigenvalue weighted by molar-refractivity contribution is 0.0787. The van der Waals surface area contributed by atoms with Gasteiger partial charge in [0.1, 0.15) is 5.69 Å². The zero-order valence-electron chi connectivity index (χ0n) is 12.5. The molecule has 0 bridgehead atoms. The lowest BCUT2D eigenvalue weighted by atomic mass is 10.3. The Bertz CT molecular complexity index is 744. The van der Waals surface area contributed by atoms with Crippen molar-refractivity contribution in [3.05, 3.63) is 36.2 Å². The maximum Gasteiger partial charge on any atom is 0.272 e. The predicted octanol–water partition coefficient (Wildman–Crippen LogP) is 2.18. The summed E-state index contributed by atoms with van der Waals surface area (Å²) in [6.45, 7) is 1.83. The molecule has 1 amide bonds. The largest absolute Gasteiger partial charge is 0.454 e. The van der Waals surface area contributed by atoms with Gasteiger partial charge in [0.25, 0.3) is 5.91 Å². The summed E-state index contributed by atoms with van der Waals surface area (Å²) in [5.41, 5.74) is 1.19. The maximum atomic E-state index is 12.4. The molecule has 0 aliphatic carbocycles. The van der Waals surface area contributed by atoms with E-state index in [9.17, 15) is 4.79 Å². The first kappa shape index (κ1) is 13.8. The van der Waals surface area contributed by atoms with Gasteiger partial charge in [-0.3, -0.25) is 4.79 Å². The van der Waals surface area contributed by atoms with Gasteiger partial charge in [-0.2, -0.15) is 0 Å². The summed E-state index contributed by atoms with van der Waals surface area (Å²) in [5.74, 6) is 1.74. The molecular weight excluding hydrogens is 296 g/mol. The van der Waals surface area contributed by atoms with Gasteiger partial charge in [0.05, 0.1) is 0 Å². The van der Waals surface area contributed by atoms with Gasteiger partial charge in [-0.1, -0.05) is 0 Å². The third kappa shape index (κ3) is 2.77. The van der Waals surface area contributed by atoms with Crippen molar-refractivity contribution in [1.82, 2.24) is 14.9 Å². The minimum atomic E-state index is -0.0429. The number of carbonyl (C=O) groups is 1. The highest BCUT2D eigenvalue weighted by Gasteiger charge is 2.21. The molecular formula is C16H16N4O3. The van der Waals surface area contributed by atoms with Crippen LogP contribution in [0.3, 0.4) is 0 Å². The van der Waals surface area contributed by atoms with Crippen molar-refractivity contribution in [3.8, 4) is 11.5 Å². The van der Waals surface area contributed by atoms with E-state index in [1.165, 1.54) is 0 Å². The topological polar surface area (TPSA) is 76.6 Å². The van der Waals surface area contributed by atoms with Crippen LogP contribution in [-0.4, -0.2) is 40.7 Å². The number of carbonyl (C=O) groups excluding carboxylic acids is 1. The number of rotatable bonds is 3. The average Bonchev–Trinajstić information content (AvgIpc) is 3.25. The normalized spacial score (nSPS) is 15.7. The Hall–Kier alpha value is -2.83. The van der Waals surface area contributed by atoms with Gasteiger partial charge in [0, 0.05) is 31.0 Å². The smallest absolute Gasteiger partial charge is 0.272 e. The molecule has 3 heterocycles. The number of nitrogens with one attached hydrogen (secondary N) is 1. The lowest BCUT2D eigenvalue weighted by Crippen LogP contribution is -2.28. The molecule has 0 unspecified atom stereocenters. The molecule has 7 heteroatoms. The molecule has 0 radical (unpaired) electrons. The van der Waals surface area contributed by atoms with Crippen molar-refractivity contribution in [3.63, 3.8) is 0 Å². The Morgan fingerprint density at radius 3 is 2.83 bits per heavy atom. The first-order valence-corrected chi connectivity index (χ1v) is 7.58. The molecule has 2 aliphatic heterocycles. The van der Waals surface area contributed by atoms with Gasteiger partial charge >= 0.3 is 0 Å². The number of aromatic nitrogens is 2. The van der Waals surface area contributed by atoms with Crippen molar-refractivity contribution in [2.75, 3.05) is 25.2 Å². The van der Waals surface area contributed by atoms with Gasteiger partial charge in [-0.05, 0) is 31.0 Å². The highest BCUT2D eigenvalue weighted by atomic mass is 16.7. The van der Waals surface area contributed by atoms with Gasteiger partial charge in [0.2, 0.25) is 12.7 Å². The highest BCUT2D eigenvalue weighted by Crippen LogP contribution is 2.34. The second-order valence-corrected chi connectivity index (χ2v) is 5.46. The number of nitrogens with zero attached hydrogens (tertiary/aromatic N) is 3. The minimum Gasteiger partial charge on any atom is -0.454 e. The molecule has 0 spiro atoms. The molecule has 2 aliphatic rings. The van der Waals surface area contributed by atoms with Crippen LogP contribution in [0, 0.1) is 0 Å². The van der Waals surface area contributed by atoms with E-state index >= 15 is 0 Å². The molecule has 0 atom stereocenters. The van der Waals surface area contributed by atoms with Gasteiger partial charge < -0.3 is 19.7 Å². The monoisotopic (exact) mass is 312 g/mol. The van der Waals surface area contributed by atoms with E-state index < -0.39 is 0 Å². The van der Waals surface area contributed by atoms with E-state index in [2.05, 4.69) is 15.3 Å². The standard InChI is InChI=1S/C16H16N4O3/c21-15(20-7-1-2-8-20)12-5-6-17-16(19-12)18-11-3-4-13-14(9-11)23-10-22-13/h3-6,9H,1-2,7-8,10H2,(H,17,18,19). The second-order valence-electron chi connectivity index (χ2n) is 5.46. The molecule has 4 rings (SSSR count). The van der Waals surface area contributed by atoms with E-state index in [4.69, 9.17) is 9.47 Å². The summed E-state index contributed by atoms with van der Waals surface area (Å²) < 4.78 is 10.6. The van der Waals surface area contributed by atoms with Crippen molar-refractivity contribution in [1.29, 1.82) is 0 Å². The second kappa shape index (κ2) is 5.75. The van der Waals surface area contributed by atoms with E-state index in [0.717, 1.165) is 37.4 Å². The summed E-state index contributed by atoms with van der Waals surface area (Å²) in [4.78, 5) is 22.7. The average molecular weight is 312 g/mol. The van der Waals surface area contributed by atoms with E-state index in [-0.39, 0.29) is 12.7 Å². The molecule has 1 N–H and O–H groups in total. The zero-order chi connectivity index (χ0) is 15.6. The third-order valence-electron chi connectivity index (χ3n) is 3.90. The summed E-state index contributed by atoms with van der Waals surface area (Å²) in [7, 11) is 0. The molecule has 1 saturated heterocycles. The number of hydrogen-bond donors (Lipinski definition) is 1. The Kier molecular flexibility index (Phi) is 3.45. The summed E-state index contributed by atoms with van der Waals surface area (Å²) >= 11 is 0. The number of likely N-dealkylation sites (tertiary alicyclic amines) is 1.